The molecule has 0 radical (unpaired) electrons. The summed E-state index contributed by atoms with van der Waals surface area (Å²) in [5.74, 6) is 0.168. The largest absolute Gasteiger partial charge is 0.481 e. The molecule has 1 aliphatic rings. The van der Waals surface area contributed by atoms with Gasteiger partial charge in [-0.05, 0) is 24.3 Å². The lowest BCUT2D eigenvalue weighted by Crippen LogP contribution is -2.57. The van der Waals surface area contributed by atoms with Gasteiger partial charge in [0.05, 0.1) is 13.2 Å². The molecule has 0 spiro atoms. The monoisotopic (exact) mass is 304 g/mol. The van der Waals surface area contributed by atoms with Crippen LogP contribution in [0.1, 0.15) is 10.5 Å². The molecular formula is C15H17FN4O2. The quantitative estimate of drug-likeness (QED) is 0.930. The molecule has 1 amide bonds. The molecule has 2 heterocycles. The molecule has 0 bridgehead atoms. The summed E-state index contributed by atoms with van der Waals surface area (Å²) >= 11 is 0. The van der Waals surface area contributed by atoms with E-state index in [0.717, 1.165) is 5.69 Å². The lowest BCUT2D eigenvalue weighted by Gasteiger charge is -2.39. The molecule has 0 unspecified atom stereocenters. The molecule has 1 N–H and O–H groups in total. The van der Waals surface area contributed by atoms with E-state index in [0.29, 0.717) is 24.7 Å². The molecule has 2 aromatic rings. The molecule has 6 nitrogen and oxygen atoms in total. The number of aryl methyl sites for hydroxylation is 1. The number of aromatic nitrogens is 2. The summed E-state index contributed by atoms with van der Waals surface area (Å²) in [6.45, 7) is 1.18. The molecule has 0 saturated carbocycles. The van der Waals surface area contributed by atoms with Crippen LogP contribution in [0.15, 0.2) is 30.3 Å². The van der Waals surface area contributed by atoms with Gasteiger partial charge in [0.25, 0.3) is 5.91 Å². The topological polar surface area (TPSA) is 59.4 Å². The predicted molar refractivity (Wildman–Crippen MR) is 79.5 cm³/mol. The number of carbonyl (C=O) groups excluding carboxylic acids is 1. The Morgan fingerprint density at radius 2 is 2.05 bits per heavy atom. The number of carbonyl (C=O) groups is 1. The highest BCUT2D eigenvalue weighted by Crippen LogP contribution is 2.19. The van der Waals surface area contributed by atoms with Crippen molar-refractivity contribution in [1.29, 1.82) is 0 Å². The van der Waals surface area contributed by atoms with Gasteiger partial charge in [-0.2, -0.15) is 5.10 Å². The van der Waals surface area contributed by atoms with Crippen molar-refractivity contribution in [1.82, 2.24) is 14.7 Å². The third-order valence-electron chi connectivity index (χ3n) is 3.65. The van der Waals surface area contributed by atoms with Crippen molar-refractivity contribution in [2.45, 2.75) is 6.04 Å². The van der Waals surface area contributed by atoms with E-state index in [1.54, 1.807) is 30.1 Å². The number of rotatable bonds is 4. The number of methoxy groups -OCH3 is 1. The van der Waals surface area contributed by atoms with Crippen LogP contribution in [0, 0.1) is 5.82 Å². The minimum Gasteiger partial charge on any atom is -0.481 e. The SMILES string of the molecule is COc1cc(C(=O)N2CC(Nc3ccc(F)cc3)C2)nn1C. The molecular weight excluding hydrogens is 287 g/mol. The number of ether oxygens (including phenoxy) is 1. The fraction of sp³-hybridized carbons (Fsp3) is 0.333. The highest BCUT2D eigenvalue weighted by atomic mass is 19.1. The number of anilines is 1. The maximum atomic E-state index is 12.8. The summed E-state index contributed by atoms with van der Waals surface area (Å²) < 4.78 is 19.5. The molecule has 0 aliphatic carbocycles. The van der Waals surface area contributed by atoms with Crippen LogP contribution in [0.25, 0.3) is 0 Å². The number of hydrogen-bond acceptors (Lipinski definition) is 4. The van der Waals surface area contributed by atoms with E-state index in [2.05, 4.69) is 10.4 Å². The van der Waals surface area contributed by atoms with Crippen LogP contribution >= 0.6 is 0 Å². The first-order valence-electron chi connectivity index (χ1n) is 6.96. The van der Waals surface area contributed by atoms with E-state index in [1.165, 1.54) is 23.9 Å². The molecule has 7 heteroatoms. The molecule has 1 aliphatic heterocycles. The Kier molecular flexibility index (Phi) is 3.70. The summed E-state index contributed by atoms with van der Waals surface area (Å²) in [5.41, 5.74) is 1.22. The number of benzene rings is 1. The Balaban J connectivity index is 1.56. The van der Waals surface area contributed by atoms with Gasteiger partial charge in [0.2, 0.25) is 5.88 Å². The summed E-state index contributed by atoms with van der Waals surface area (Å²) in [5, 5.41) is 7.40. The fourth-order valence-electron chi connectivity index (χ4n) is 2.43. The summed E-state index contributed by atoms with van der Waals surface area (Å²) in [6.07, 6.45) is 0. The molecule has 1 aromatic heterocycles. The van der Waals surface area contributed by atoms with Crippen LogP contribution in [0.5, 0.6) is 5.88 Å². The van der Waals surface area contributed by atoms with E-state index < -0.39 is 0 Å². The molecule has 3 rings (SSSR count). The van der Waals surface area contributed by atoms with E-state index in [4.69, 9.17) is 4.74 Å². The van der Waals surface area contributed by atoms with Gasteiger partial charge in [0, 0.05) is 31.9 Å². The van der Waals surface area contributed by atoms with Crippen LogP contribution in [0.4, 0.5) is 10.1 Å². The fourth-order valence-corrected chi connectivity index (χ4v) is 2.43. The number of amides is 1. The average molecular weight is 304 g/mol. The molecule has 0 atom stereocenters. The Hall–Kier alpha value is -2.57. The van der Waals surface area contributed by atoms with Gasteiger partial charge >= 0.3 is 0 Å². The van der Waals surface area contributed by atoms with Gasteiger partial charge < -0.3 is 15.0 Å². The normalized spacial score (nSPS) is 14.6. The molecule has 116 valence electrons. The van der Waals surface area contributed by atoms with Gasteiger partial charge in [-0.1, -0.05) is 0 Å². The van der Waals surface area contributed by atoms with E-state index >= 15 is 0 Å². The molecule has 1 saturated heterocycles. The Bertz CT molecular complexity index is 677. The second kappa shape index (κ2) is 5.67. The van der Waals surface area contributed by atoms with Crippen molar-refractivity contribution in [3.8, 4) is 5.88 Å². The van der Waals surface area contributed by atoms with Crippen molar-refractivity contribution >= 4 is 11.6 Å². The first-order valence-corrected chi connectivity index (χ1v) is 6.96. The van der Waals surface area contributed by atoms with Crippen molar-refractivity contribution in [3.63, 3.8) is 0 Å². The first kappa shape index (κ1) is 14.4. The van der Waals surface area contributed by atoms with Crippen LogP contribution < -0.4 is 10.1 Å². The molecule has 1 fully saturated rings. The van der Waals surface area contributed by atoms with Gasteiger partial charge in [-0.15, -0.1) is 0 Å². The van der Waals surface area contributed by atoms with Crippen LogP contribution in [0.3, 0.4) is 0 Å². The zero-order valence-corrected chi connectivity index (χ0v) is 12.4. The number of nitrogens with zero attached hydrogens (tertiary/aromatic N) is 3. The third-order valence-corrected chi connectivity index (χ3v) is 3.65. The zero-order valence-electron chi connectivity index (χ0n) is 12.4. The predicted octanol–water partition coefficient (Wildman–Crippen LogP) is 1.50. The van der Waals surface area contributed by atoms with Gasteiger partial charge in [-0.3, -0.25) is 4.79 Å². The summed E-state index contributed by atoms with van der Waals surface area (Å²) in [7, 11) is 3.27. The lowest BCUT2D eigenvalue weighted by molar-refractivity contribution is 0.0618. The average Bonchev–Trinajstić information content (AvgIpc) is 2.85. The van der Waals surface area contributed by atoms with E-state index in [-0.39, 0.29) is 17.8 Å². The third kappa shape index (κ3) is 2.74. The number of halogens is 1. The van der Waals surface area contributed by atoms with Crippen molar-refractivity contribution in [3.05, 3.63) is 41.8 Å². The van der Waals surface area contributed by atoms with Gasteiger partial charge in [0.1, 0.15) is 5.82 Å². The Morgan fingerprint density at radius 1 is 1.36 bits per heavy atom. The minimum atomic E-state index is -0.264. The number of nitrogens with one attached hydrogen (secondary N) is 1. The Morgan fingerprint density at radius 3 is 2.64 bits per heavy atom. The van der Waals surface area contributed by atoms with Crippen molar-refractivity contribution in [2.24, 2.45) is 7.05 Å². The van der Waals surface area contributed by atoms with Crippen LogP contribution in [-0.4, -0.2) is 46.8 Å². The summed E-state index contributed by atoms with van der Waals surface area (Å²) in [4.78, 5) is 14.0. The van der Waals surface area contributed by atoms with Gasteiger partial charge in [0.15, 0.2) is 5.69 Å². The maximum absolute atomic E-state index is 12.8. The van der Waals surface area contributed by atoms with Crippen molar-refractivity contribution in [2.75, 3.05) is 25.5 Å². The second-order valence-corrected chi connectivity index (χ2v) is 5.25. The molecule has 1 aromatic carbocycles. The standard InChI is InChI=1S/C15H17FN4O2/c1-19-14(22-2)7-13(18-19)15(21)20-8-12(9-20)17-11-5-3-10(16)4-6-11/h3-7,12,17H,8-9H2,1-2H3. The highest BCUT2D eigenvalue weighted by Gasteiger charge is 2.32. The first-order chi connectivity index (χ1) is 10.6. The number of likely N-dealkylation sites (tertiary alicyclic amines) is 1. The second-order valence-electron chi connectivity index (χ2n) is 5.25. The highest BCUT2D eigenvalue weighted by molar-refractivity contribution is 5.93. The minimum absolute atomic E-state index is 0.115. The zero-order chi connectivity index (χ0) is 15.7. The van der Waals surface area contributed by atoms with E-state index in [1.807, 2.05) is 0 Å². The lowest BCUT2D eigenvalue weighted by atomic mass is 10.1. The summed E-state index contributed by atoms with van der Waals surface area (Å²) in [6, 6.07) is 7.98. The van der Waals surface area contributed by atoms with Crippen molar-refractivity contribution < 1.29 is 13.9 Å². The number of hydrogen-bond donors (Lipinski definition) is 1. The molecule has 22 heavy (non-hydrogen) atoms. The van der Waals surface area contributed by atoms with Crippen LogP contribution in [-0.2, 0) is 7.05 Å². The van der Waals surface area contributed by atoms with Crippen LogP contribution in [0.2, 0.25) is 0 Å². The smallest absolute Gasteiger partial charge is 0.274 e. The maximum Gasteiger partial charge on any atom is 0.274 e. The van der Waals surface area contributed by atoms with E-state index in [9.17, 15) is 9.18 Å². The Labute approximate surface area is 127 Å². The van der Waals surface area contributed by atoms with Gasteiger partial charge in [-0.25, -0.2) is 9.07 Å².